The molecule has 8 heteroatoms. The zero-order chi connectivity index (χ0) is 16.4. The molecule has 1 aromatic carbocycles. The molecule has 23 heavy (non-hydrogen) atoms. The lowest BCUT2D eigenvalue weighted by molar-refractivity contribution is -0.384. The summed E-state index contributed by atoms with van der Waals surface area (Å²) in [5.74, 6) is 0. The van der Waals surface area contributed by atoms with Crippen molar-refractivity contribution in [3.05, 3.63) is 48.9 Å². The quantitative estimate of drug-likeness (QED) is 0.680. The largest absolute Gasteiger partial charge is 0.312 e. The minimum atomic E-state index is -0.423. The first-order valence-corrected chi connectivity index (χ1v) is 8.22. The lowest BCUT2D eigenvalue weighted by atomic mass is 10.1. The zero-order valence-electron chi connectivity index (χ0n) is 12.8. The highest BCUT2D eigenvalue weighted by molar-refractivity contribution is 7.09. The Kier molecular flexibility index (Phi) is 4.56. The number of nitro benzene ring substituents is 1. The standard InChI is InChI=1S/C15H18N4O3S/c1-17-5-7-18(8-6-17)10-13-14(16-15(20)23-13)11-3-2-4-12(9-11)19(21)22/h2-4,9H,5-8,10H2,1H3,(H,16,20). The number of likely N-dealkylation sites (N-methyl/N-ethyl adjacent to an activating group) is 1. The smallest absolute Gasteiger partial charge is 0.305 e. The number of aromatic nitrogens is 1. The van der Waals surface area contributed by atoms with Gasteiger partial charge in [-0.25, -0.2) is 0 Å². The molecule has 3 rings (SSSR count). The SMILES string of the molecule is CN1CCN(Cc2sc(=O)[nH]c2-c2cccc([N+](=O)[O-])c2)CC1. The van der Waals surface area contributed by atoms with Gasteiger partial charge in [0.25, 0.3) is 5.69 Å². The minimum Gasteiger partial charge on any atom is -0.312 e. The first kappa shape index (κ1) is 15.9. The number of hydrogen-bond donors (Lipinski definition) is 1. The number of hydrogen-bond acceptors (Lipinski definition) is 6. The van der Waals surface area contributed by atoms with Crippen molar-refractivity contribution in [3.63, 3.8) is 0 Å². The van der Waals surface area contributed by atoms with Crippen LogP contribution in [0.4, 0.5) is 5.69 Å². The van der Waals surface area contributed by atoms with E-state index in [-0.39, 0.29) is 10.6 Å². The molecule has 7 nitrogen and oxygen atoms in total. The molecular weight excluding hydrogens is 316 g/mol. The molecule has 1 aromatic heterocycles. The van der Waals surface area contributed by atoms with Crippen molar-refractivity contribution in [1.82, 2.24) is 14.8 Å². The van der Waals surface area contributed by atoms with E-state index in [9.17, 15) is 14.9 Å². The van der Waals surface area contributed by atoms with Crippen LogP contribution < -0.4 is 4.87 Å². The van der Waals surface area contributed by atoms with Gasteiger partial charge in [-0.05, 0) is 7.05 Å². The predicted octanol–water partition coefficient (Wildman–Crippen LogP) is 1.76. The van der Waals surface area contributed by atoms with Crippen molar-refractivity contribution in [2.24, 2.45) is 0 Å². The number of nitro groups is 1. The molecule has 0 aliphatic carbocycles. The van der Waals surface area contributed by atoms with Crippen LogP contribution in [0.5, 0.6) is 0 Å². The lowest BCUT2D eigenvalue weighted by Gasteiger charge is -2.32. The van der Waals surface area contributed by atoms with Gasteiger partial charge in [0.2, 0.25) is 0 Å². The molecule has 2 aromatic rings. The molecule has 0 atom stereocenters. The van der Waals surface area contributed by atoms with Crippen molar-refractivity contribution in [2.45, 2.75) is 6.54 Å². The van der Waals surface area contributed by atoms with Gasteiger partial charge in [0, 0.05) is 55.3 Å². The van der Waals surface area contributed by atoms with Gasteiger partial charge in [0.15, 0.2) is 0 Å². The molecular formula is C15H18N4O3S. The molecule has 0 unspecified atom stereocenters. The highest BCUT2D eigenvalue weighted by atomic mass is 32.1. The zero-order valence-corrected chi connectivity index (χ0v) is 13.6. The lowest BCUT2D eigenvalue weighted by Crippen LogP contribution is -2.43. The minimum absolute atomic E-state index is 0.0279. The fourth-order valence-corrected chi connectivity index (χ4v) is 3.58. The van der Waals surface area contributed by atoms with Gasteiger partial charge in [-0.2, -0.15) is 0 Å². The molecule has 1 fully saturated rings. The third kappa shape index (κ3) is 3.66. The molecule has 0 saturated carbocycles. The van der Waals surface area contributed by atoms with Crippen molar-refractivity contribution in [2.75, 3.05) is 33.2 Å². The summed E-state index contributed by atoms with van der Waals surface area (Å²) < 4.78 is 0. The maximum absolute atomic E-state index is 11.8. The van der Waals surface area contributed by atoms with Crippen molar-refractivity contribution in [1.29, 1.82) is 0 Å². The van der Waals surface area contributed by atoms with Crippen LogP contribution in [0.3, 0.4) is 0 Å². The van der Waals surface area contributed by atoms with E-state index in [1.54, 1.807) is 12.1 Å². The Morgan fingerprint density at radius 1 is 1.30 bits per heavy atom. The molecule has 1 saturated heterocycles. The first-order valence-electron chi connectivity index (χ1n) is 7.40. The molecule has 0 bridgehead atoms. The van der Waals surface area contributed by atoms with Gasteiger partial charge in [0.1, 0.15) is 0 Å². The number of H-pyrrole nitrogens is 1. The summed E-state index contributed by atoms with van der Waals surface area (Å²) in [6, 6.07) is 6.39. The van der Waals surface area contributed by atoms with Crippen molar-refractivity contribution < 1.29 is 4.92 Å². The average Bonchev–Trinajstić information content (AvgIpc) is 2.90. The second kappa shape index (κ2) is 6.61. The molecule has 2 heterocycles. The molecule has 1 N–H and O–H groups in total. The fourth-order valence-electron chi connectivity index (χ4n) is 2.69. The van der Waals surface area contributed by atoms with Crippen LogP contribution in [-0.2, 0) is 6.54 Å². The van der Waals surface area contributed by atoms with Crippen LogP contribution in [0.25, 0.3) is 11.3 Å². The van der Waals surface area contributed by atoms with E-state index >= 15 is 0 Å². The van der Waals surface area contributed by atoms with Gasteiger partial charge in [-0.1, -0.05) is 23.5 Å². The number of nitrogens with zero attached hydrogens (tertiary/aromatic N) is 3. The Hall–Kier alpha value is -2.03. The average molecular weight is 334 g/mol. The summed E-state index contributed by atoms with van der Waals surface area (Å²) in [6.45, 7) is 4.61. The van der Waals surface area contributed by atoms with Crippen molar-refractivity contribution in [3.8, 4) is 11.3 Å². The van der Waals surface area contributed by atoms with E-state index in [0.717, 1.165) is 31.1 Å². The summed E-state index contributed by atoms with van der Waals surface area (Å²) in [5.41, 5.74) is 1.41. The van der Waals surface area contributed by atoms with Crippen LogP contribution in [-0.4, -0.2) is 52.9 Å². The highest BCUT2D eigenvalue weighted by Gasteiger charge is 2.19. The molecule has 1 aliphatic rings. The monoisotopic (exact) mass is 334 g/mol. The number of aromatic amines is 1. The van der Waals surface area contributed by atoms with Crippen molar-refractivity contribution >= 4 is 17.0 Å². The second-order valence-corrected chi connectivity index (χ2v) is 6.77. The van der Waals surface area contributed by atoms with Crippen LogP contribution in [0.1, 0.15) is 4.88 Å². The number of rotatable bonds is 4. The Bertz CT molecular complexity index is 762. The van der Waals surface area contributed by atoms with E-state index in [2.05, 4.69) is 21.8 Å². The third-order valence-electron chi connectivity index (χ3n) is 4.03. The van der Waals surface area contributed by atoms with Gasteiger partial charge in [0.05, 0.1) is 10.6 Å². The third-order valence-corrected chi connectivity index (χ3v) is 4.90. The molecule has 1 aliphatic heterocycles. The maximum atomic E-state index is 11.8. The van der Waals surface area contributed by atoms with E-state index in [1.807, 2.05) is 0 Å². The Morgan fingerprint density at radius 2 is 2.04 bits per heavy atom. The summed E-state index contributed by atoms with van der Waals surface area (Å²) in [7, 11) is 2.10. The van der Waals surface area contributed by atoms with Gasteiger partial charge < -0.3 is 9.88 Å². The number of non-ortho nitro benzene ring substituents is 1. The van der Waals surface area contributed by atoms with E-state index < -0.39 is 4.92 Å². The number of thiazole rings is 1. The normalized spacial score (nSPS) is 16.6. The topological polar surface area (TPSA) is 82.5 Å². The molecule has 0 spiro atoms. The Balaban J connectivity index is 1.87. The van der Waals surface area contributed by atoms with Gasteiger partial charge >= 0.3 is 4.87 Å². The Labute approximate surface area is 137 Å². The second-order valence-electron chi connectivity index (χ2n) is 5.70. The summed E-state index contributed by atoms with van der Waals surface area (Å²) >= 11 is 1.18. The summed E-state index contributed by atoms with van der Waals surface area (Å²) in [6.07, 6.45) is 0. The summed E-state index contributed by atoms with van der Waals surface area (Å²) in [5, 5.41) is 10.9. The Morgan fingerprint density at radius 3 is 2.74 bits per heavy atom. The predicted molar refractivity (Wildman–Crippen MR) is 89.8 cm³/mol. The number of benzene rings is 1. The van der Waals surface area contributed by atoms with E-state index in [1.165, 1.54) is 23.5 Å². The van der Waals surface area contributed by atoms with Gasteiger partial charge in [-0.3, -0.25) is 19.8 Å². The fraction of sp³-hybridized carbons (Fsp3) is 0.400. The summed E-state index contributed by atoms with van der Waals surface area (Å²) in [4.78, 5) is 30.5. The number of nitrogens with one attached hydrogen (secondary N) is 1. The van der Waals surface area contributed by atoms with Crippen LogP contribution in [0, 0.1) is 10.1 Å². The molecule has 0 radical (unpaired) electrons. The van der Waals surface area contributed by atoms with Gasteiger partial charge in [-0.15, -0.1) is 0 Å². The molecule has 122 valence electrons. The number of piperazine rings is 1. The van der Waals surface area contributed by atoms with Crippen LogP contribution in [0.2, 0.25) is 0 Å². The van der Waals surface area contributed by atoms with Crippen LogP contribution >= 0.6 is 11.3 Å². The van der Waals surface area contributed by atoms with E-state index in [0.29, 0.717) is 17.8 Å². The highest BCUT2D eigenvalue weighted by Crippen LogP contribution is 2.27. The molecule has 0 amide bonds. The van der Waals surface area contributed by atoms with Crippen LogP contribution in [0.15, 0.2) is 29.1 Å². The van der Waals surface area contributed by atoms with E-state index in [4.69, 9.17) is 0 Å². The first-order chi connectivity index (χ1) is 11.0. The maximum Gasteiger partial charge on any atom is 0.305 e.